The molecule has 2 heterocycles. The molecule has 7 heteroatoms. The van der Waals surface area contributed by atoms with Gasteiger partial charge in [0, 0.05) is 19.3 Å². The molecular weight excluding hydrogens is 206 g/mol. The van der Waals surface area contributed by atoms with Gasteiger partial charge in [-0.15, -0.1) is 0 Å². The normalized spacial score (nSPS) is 19.7. The van der Waals surface area contributed by atoms with E-state index in [0.717, 1.165) is 6.42 Å². The maximum Gasteiger partial charge on any atom is 0.248 e. The maximum atomic E-state index is 11.8. The van der Waals surface area contributed by atoms with E-state index in [1.807, 2.05) is 0 Å². The van der Waals surface area contributed by atoms with Gasteiger partial charge in [0.2, 0.25) is 10.0 Å². The van der Waals surface area contributed by atoms with Gasteiger partial charge in [-0.2, -0.15) is 9.40 Å². The van der Waals surface area contributed by atoms with E-state index in [1.54, 1.807) is 0 Å². The Kier molecular flexibility index (Phi) is 2.53. The monoisotopic (exact) mass is 217 g/mol. The quantitative estimate of drug-likeness (QED) is 0.743. The van der Waals surface area contributed by atoms with Crippen LogP contribution in [0.25, 0.3) is 0 Å². The lowest BCUT2D eigenvalue weighted by Crippen LogP contribution is -2.37. The largest absolute Gasteiger partial charge is 0.365 e. The van der Waals surface area contributed by atoms with Crippen molar-refractivity contribution in [1.82, 2.24) is 14.5 Å². The van der Waals surface area contributed by atoms with Gasteiger partial charge in [-0.25, -0.2) is 8.42 Å². The third-order valence-electron chi connectivity index (χ3n) is 2.04. The SMILES string of the molecule is O=S(=O)(c1cn[nH]c1)N1CCCOC1. The van der Waals surface area contributed by atoms with Gasteiger partial charge in [-0.05, 0) is 6.42 Å². The first-order chi connectivity index (χ1) is 6.71. The highest BCUT2D eigenvalue weighted by Gasteiger charge is 2.26. The molecule has 2 rings (SSSR count). The van der Waals surface area contributed by atoms with Gasteiger partial charge in [-0.1, -0.05) is 0 Å². The molecule has 78 valence electrons. The van der Waals surface area contributed by atoms with E-state index in [4.69, 9.17) is 4.74 Å². The molecule has 0 saturated carbocycles. The molecular formula is C7H11N3O3S. The molecule has 1 fully saturated rings. The van der Waals surface area contributed by atoms with Gasteiger partial charge in [0.25, 0.3) is 0 Å². The third kappa shape index (κ3) is 1.66. The Balaban J connectivity index is 2.23. The molecule has 0 unspecified atom stereocenters. The van der Waals surface area contributed by atoms with Crippen LogP contribution in [0.4, 0.5) is 0 Å². The molecule has 14 heavy (non-hydrogen) atoms. The number of hydrogen-bond acceptors (Lipinski definition) is 4. The Morgan fingerprint density at radius 2 is 2.43 bits per heavy atom. The second-order valence-corrected chi connectivity index (χ2v) is 4.94. The highest BCUT2D eigenvalue weighted by atomic mass is 32.2. The number of nitrogens with zero attached hydrogens (tertiary/aromatic N) is 2. The summed E-state index contributed by atoms with van der Waals surface area (Å²) in [5.74, 6) is 0. The molecule has 6 nitrogen and oxygen atoms in total. The molecule has 0 amide bonds. The van der Waals surface area contributed by atoms with Crippen LogP contribution in [0.5, 0.6) is 0 Å². The van der Waals surface area contributed by atoms with Gasteiger partial charge >= 0.3 is 0 Å². The number of aromatic nitrogens is 2. The molecule has 1 aliphatic heterocycles. The number of sulfonamides is 1. The maximum absolute atomic E-state index is 11.8. The second kappa shape index (κ2) is 3.68. The van der Waals surface area contributed by atoms with Gasteiger partial charge in [0.1, 0.15) is 11.6 Å². The summed E-state index contributed by atoms with van der Waals surface area (Å²) in [5, 5.41) is 6.09. The molecule has 0 bridgehead atoms. The first kappa shape index (κ1) is 9.63. The van der Waals surface area contributed by atoms with Crippen molar-refractivity contribution in [2.75, 3.05) is 19.9 Å². The van der Waals surface area contributed by atoms with Crippen molar-refractivity contribution in [3.63, 3.8) is 0 Å². The molecule has 1 aliphatic rings. The van der Waals surface area contributed by atoms with Gasteiger partial charge < -0.3 is 4.74 Å². The van der Waals surface area contributed by atoms with Gasteiger partial charge in [-0.3, -0.25) is 5.10 Å². The highest BCUT2D eigenvalue weighted by Crippen LogP contribution is 2.15. The zero-order valence-corrected chi connectivity index (χ0v) is 8.33. The molecule has 1 aromatic rings. The van der Waals surface area contributed by atoms with Crippen LogP contribution >= 0.6 is 0 Å². The zero-order chi connectivity index (χ0) is 10.0. The Morgan fingerprint density at radius 1 is 1.57 bits per heavy atom. The number of nitrogens with one attached hydrogen (secondary N) is 1. The van der Waals surface area contributed by atoms with E-state index in [9.17, 15) is 8.42 Å². The minimum Gasteiger partial charge on any atom is -0.365 e. The number of aromatic amines is 1. The van der Waals surface area contributed by atoms with Gasteiger partial charge in [0.05, 0.1) is 6.20 Å². The second-order valence-electron chi connectivity index (χ2n) is 3.01. The van der Waals surface area contributed by atoms with E-state index in [1.165, 1.54) is 16.7 Å². The minimum absolute atomic E-state index is 0.132. The molecule has 1 saturated heterocycles. The first-order valence-corrected chi connectivity index (χ1v) is 5.72. The summed E-state index contributed by atoms with van der Waals surface area (Å²) < 4.78 is 30.1. The fourth-order valence-corrected chi connectivity index (χ4v) is 2.56. The van der Waals surface area contributed by atoms with Crippen molar-refractivity contribution in [1.29, 1.82) is 0 Å². The van der Waals surface area contributed by atoms with Crippen LogP contribution < -0.4 is 0 Å². The minimum atomic E-state index is -3.40. The van der Waals surface area contributed by atoms with Crippen LogP contribution in [-0.4, -0.2) is 42.8 Å². The number of H-pyrrole nitrogens is 1. The summed E-state index contributed by atoms with van der Waals surface area (Å²) in [6.45, 7) is 1.26. The van der Waals surface area contributed by atoms with Crippen molar-refractivity contribution in [2.45, 2.75) is 11.3 Å². The Morgan fingerprint density at radius 3 is 3.00 bits per heavy atom. The van der Waals surface area contributed by atoms with Crippen LogP contribution in [0.15, 0.2) is 17.3 Å². The Bertz CT molecular complexity index is 380. The molecule has 0 aliphatic carbocycles. The van der Waals surface area contributed by atoms with Gasteiger partial charge in [0.15, 0.2) is 0 Å². The fraction of sp³-hybridized carbons (Fsp3) is 0.571. The van der Waals surface area contributed by atoms with Crippen molar-refractivity contribution >= 4 is 10.0 Å². The Labute approximate surface area is 81.9 Å². The standard InChI is InChI=1S/C7H11N3O3S/c11-14(12,7-4-8-9-5-7)10-2-1-3-13-6-10/h4-5H,1-3,6H2,(H,8,9). The average Bonchev–Trinajstić information content (AvgIpc) is 2.72. The van der Waals surface area contributed by atoms with Crippen molar-refractivity contribution in [3.05, 3.63) is 12.4 Å². The van der Waals surface area contributed by atoms with Crippen LogP contribution in [-0.2, 0) is 14.8 Å². The summed E-state index contributed by atoms with van der Waals surface area (Å²) in [5.41, 5.74) is 0. The lowest BCUT2D eigenvalue weighted by molar-refractivity contribution is 0.0313. The first-order valence-electron chi connectivity index (χ1n) is 4.28. The average molecular weight is 217 g/mol. The molecule has 0 spiro atoms. The number of hydrogen-bond donors (Lipinski definition) is 1. The van der Waals surface area contributed by atoms with Crippen LogP contribution in [0.1, 0.15) is 6.42 Å². The molecule has 0 radical (unpaired) electrons. The van der Waals surface area contributed by atoms with E-state index in [0.29, 0.717) is 13.2 Å². The number of rotatable bonds is 2. The molecule has 1 aromatic heterocycles. The van der Waals surface area contributed by atoms with Crippen LogP contribution in [0, 0.1) is 0 Å². The van der Waals surface area contributed by atoms with Crippen LogP contribution in [0.2, 0.25) is 0 Å². The van der Waals surface area contributed by atoms with E-state index >= 15 is 0 Å². The molecule has 0 atom stereocenters. The third-order valence-corrected chi connectivity index (χ3v) is 3.83. The van der Waals surface area contributed by atoms with Crippen molar-refractivity contribution in [2.24, 2.45) is 0 Å². The topological polar surface area (TPSA) is 75.3 Å². The number of ether oxygens (including phenoxy) is 1. The summed E-state index contributed by atoms with van der Waals surface area (Å²) >= 11 is 0. The summed E-state index contributed by atoms with van der Waals surface area (Å²) in [6.07, 6.45) is 3.39. The smallest absolute Gasteiger partial charge is 0.248 e. The van der Waals surface area contributed by atoms with Crippen molar-refractivity contribution < 1.29 is 13.2 Å². The predicted molar refractivity (Wildman–Crippen MR) is 47.9 cm³/mol. The van der Waals surface area contributed by atoms with Crippen LogP contribution in [0.3, 0.4) is 0 Å². The highest BCUT2D eigenvalue weighted by molar-refractivity contribution is 7.89. The predicted octanol–water partition coefficient (Wildman–Crippen LogP) is -0.222. The molecule has 0 aromatic carbocycles. The van der Waals surface area contributed by atoms with E-state index in [2.05, 4.69) is 10.2 Å². The zero-order valence-electron chi connectivity index (χ0n) is 7.51. The Hall–Kier alpha value is -0.920. The molecule has 1 N–H and O–H groups in total. The van der Waals surface area contributed by atoms with E-state index in [-0.39, 0.29) is 11.6 Å². The van der Waals surface area contributed by atoms with E-state index < -0.39 is 10.0 Å². The lowest BCUT2D eigenvalue weighted by Gasteiger charge is -2.25. The summed E-state index contributed by atoms with van der Waals surface area (Å²) in [6, 6.07) is 0. The fourth-order valence-electron chi connectivity index (χ4n) is 1.29. The van der Waals surface area contributed by atoms with Crippen molar-refractivity contribution in [3.8, 4) is 0 Å². The summed E-state index contributed by atoms with van der Waals surface area (Å²) in [7, 11) is -3.40. The summed E-state index contributed by atoms with van der Waals surface area (Å²) in [4.78, 5) is 0.183. The lowest BCUT2D eigenvalue weighted by atomic mass is 10.4.